The van der Waals surface area contributed by atoms with Gasteiger partial charge in [0.2, 0.25) is 0 Å². The highest BCUT2D eigenvalue weighted by Gasteiger charge is 2.23. The quantitative estimate of drug-likeness (QED) is 0.566. The summed E-state index contributed by atoms with van der Waals surface area (Å²) in [6.07, 6.45) is 17.3. The van der Waals surface area contributed by atoms with Gasteiger partial charge in [-0.3, -0.25) is 14.3 Å². The first-order chi connectivity index (χ1) is 15.2. The molecule has 2 rings (SSSR count). The van der Waals surface area contributed by atoms with Crippen molar-refractivity contribution in [2.45, 2.75) is 52.9 Å². The van der Waals surface area contributed by atoms with Crippen LogP contribution in [0.1, 0.15) is 52.2 Å². The van der Waals surface area contributed by atoms with Crippen molar-refractivity contribution >= 4 is 0 Å². The Morgan fingerprint density at radius 1 is 1.09 bits per heavy atom. The summed E-state index contributed by atoms with van der Waals surface area (Å²) >= 11 is 0. The van der Waals surface area contributed by atoms with E-state index in [0.717, 1.165) is 29.7 Å². The van der Waals surface area contributed by atoms with Crippen molar-refractivity contribution < 1.29 is 4.74 Å². The summed E-state index contributed by atoms with van der Waals surface area (Å²) in [6, 6.07) is 5.29. The van der Waals surface area contributed by atoms with Gasteiger partial charge in [-0.1, -0.05) is 63.3 Å². The van der Waals surface area contributed by atoms with E-state index in [1.54, 1.807) is 7.11 Å². The molecule has 0 saturated carbocycles. The lowest BCUT2D eigenvalue weighted by molar-refractivity contribution is 0.392. The molecule has 0 amide bonds. The largest absolute Gasteiger partial charge is 0.496 e. The van der Waals surface area contributed by atoms with E-state index >= 15 is 0 Å². The second-order valence-corrected chi connectivity index (χ2v) is 8.57. The van der Waals surface area contributed by atoms with Crippen LogP contribution in [0.5, 0.6) is 5.75 Å². The number of aryl methyl sites for hydroxylation is 1. The predicted molar refractivity (Wildman–Crippen MR) is 133 cm³/mol. The number of nitrogens with one attached hydrogen (secondary N) is 1. The number of allylic oxidation sites excluding steroid dienone is 8. The van der Waals surface area contributed by atoms with Gasteiger partial charge in [-0.2, -0.15) is 0 Å². The lowest BCUT2D eigenvalue weighted by Crippen LogP contribution is -2.28. The molecule has 0 atom stereocenters. The van der Waals surface area contributed by atoms with Crippen molar-refractivity contribution in [3.05, 3.63) is 104 Å². The molecule has 0 aliphatic heterocycles. The Kier molecular flexibility index (Phi) is 8.82. The number of ether oxygens (including phenoxy) is 1. The molecule has 1 aromatic heterocycles. The Morgan fingerprint density at radius 3 is 2.41 bits per heavy atom. The number of H-pyrrole nitrogens is 1. The van der Waals surface area contributed by atoms with Gasteiger partial charge in [-0.05, 0) is 55.4 Å². The van der Waals surface area contributed by atoms with Crippen molar-refractivity contribution in [3.8, 4) is 11.4 Å². The van der Waals surface area contributed by atoms with Crippen LogP contribution in [-0.4, -0.2) is 16.7 Å². The zero-order valence-electron chi connectivity index (χ0n) is 19.9. The minimum absolute atomic E-state index is 0.197. The van der Waals surface area contributed by atoms with Crippen LogP contribution in [0.25, 0.3) is 5.69 Å². The summed E-state index contributed by atoms with van der Waals surface area (Å²) in [4.78, 5) is 26.3. The molecule has 0 aliphatic carbocycles. The van der Waals surface area contributed by atoms with Gasteiger partial charge in [0, 0.05) is 17.8 Å². The highest BCUT2D eigenvalue weighted by molar-refractivity contribution is 5.53. The standard InChI is InChI=1S/C27H34N2O3/c1-7-9-11-13-20(12-10-8-2)14-15-21-18-22(29-17-16-24(30)28-26(29)31)19-23(25(21)32-6)27(3,4)5/h7-13,16-19H,14-15H2,1-6H3,(H,28,30,31)/b9-7+,10-8-,13-11-,20-12+. The van der Waals surface area contributed by atoms with Crippen LogP contribution in [0.4, 0.5) is 0 Å². The molecule has 5 heteroatoms. The molecule has 0 spiro atoms. The van der Waals surface area contributed by atoms with Crippen molar-refractivity contribution in [2.75, 3.05) is 7.11 Å². The molecule has 0 saturated heterocycles. The maximum absolute atomic E-state index is 12.4. The Balaban J connectivity index is 2.59. The fourth-order valence-electron chi connectivity index (χ4n) is 3.43. The van der Waals surface area contributed by atoms with Crippen LogP contribution in [0, 0.1) is 0 Å². The maximum atomic E-state index is 12.4. The second kappa shape index (κ2) is 11.3. The average molecular weight is 435 g/mol. The normalized spacial score (nSPS) is 13.0. The monoisotopic (exact) mass is 434 g/mol. The summed E-state index contributed by atoms with van der Waals surface area (Å²) in [5, 5.41) is 0. The number of benzene rings is 1. The van der Waals surface area contributed by atoms with Gasteiger partial charge in [-0.25, -0.2) is 4.79 Å². The number of methoxy groups -OCH3 is 1. The molecule has 0 radical (unpaired) electrons. The smallest absolute Gasteiger partial charge is 0.332 e. The molecule has 0 bridgehead atoms. The molecule has 170 valence electrons. The number of nitrogens with zero attached hydrogens (tertiary/aromatic N) is 1. The fraction of sp³-hybridized carbons (Fsp3) is 0.333. The van der Waals surface area contributed by atoms with E-state index in [-0.39, 0.29) is 5.41 Å². The molecular weight excluding hydrogens is 400 g/mol. The van der Waals surface area contributed by atoms with E-state index in [9.17, 15) is 9.59 Å². The molecule has 32 heavy (non-hydrogen) atoms. The predicted octanol–water partition coefficient (Wildman–Crippen LogP) is 5.40. The topological polar surface area (TPSA) is 64.1 Å². The highest BCUT2D eigenvalue weighted by atomic mass is 16.5. The van der Waals surface area contributed by atoms with Crippen LogP contribution in [0.3, 0.4) is 0 Å². The fourth-order valence-corrected chi connectivity index (χ4v) is 3.43. The first-order valence-corrected chi connectivity index (χ1v) is 10.9. The van der Waals surface area contributed by atoms with Crippen molar-refractivity contribution in [3.63, 3.8) is 0 Å². The lowest BCUT2D eigenvalue weighted by Gasteiger charge is -2.25. The SMILES string of the molecule is C\C=C/C=C(\C=C/C=C/C)CCc1cc(-n2ccc(=O)[nH]c2=O)cc(C(C)(C)C)c1OC. The average Bonchev–Trinajstić information content (AvgIpc) is 2.74. The van der Waals surface area contributed by atoms with Crippen LogP contribution in [0.2, 0.25) is 0 Å². The molecular formula is C27H34N2O3. The third-order valence-corrected chi connectivity index (χ3v) is 5.06. The zero-order valence-corrected chi connectivity index (χ0v) is 19.9. The molecule has 2 aromatic rings. The number of aromatic amines is 1. The van der Waals surface area contributed by atoms with Crippen molar-refractivity contribution in [1.29, 1.82) is 0 Å². The first-order valence-electron chi connectivity index (χ1n) is 10.9. The van der Waals surface area contributed by atoms with Crippen LogP contribution in [-0.2, 0) is 11.8 Å². The van der Waals surface area contributed by atoms with E-state index in [1.165, 1.54) is 22.4 Å². The van der Waals surface area contributed by atoms with E-state index < -0.39 is 11.2 Å². The molecule has 1 heterocycles. The molecule has 1 aromatic carbocycles. The van der Waals surface area contributed by atoms with Gasteiger partial charge >= 0.3 is 5.69 Å². The minimum atomic E-state index is -0.462. The maximum Gasteiger partial charge on any atom is 0.332 e. The van der Waals surface area contributed by atoms with E-state index in [0.29, 0.717) is 5.69 Å². The zero-order chi connectivity index (χ0) is 23.7. The van der Waals surface area contributed by atoms with Gasteiger partial charge < -0.3 is 4.74 Å². The van der Waals surface area contributed by atoms with Crippen LogP contribution >= 0.6 is 0 Å². The molecule has 5 nitrogen and oxygen atoms in total. The third-order valence-electron chi connectivity index (χ3n) is 5.06. The van der Waals surface area contributed by atoms with Gasteiger partial charge in [0.1, 0.15) is 5.75 Å². The molecule has 1 N–H and O–H groups in total. The van der Waals surface area contributed by atoms with Gasteiger partial charge in [0.05, 0.1) is 12.8 Å². The third kappa shape index (κ3) is 6.58. The molecule has 0 unspecified atom stereocenters. The van der Waals surface area contributed by atoms with Gasteiger partial charge in [0.15, 0.2) is 0 Å². The van der Waals surface area contributed by atoms with Crippen molar-refractivity contribution in [1.82, 2.24) is 9.55 Å². The summed E-state index contributed by atoms with van der Waals surface area (Å²) < 4.78 is 7.31. The van der Waals surface area contributed by atoms with Crippen LogP contribution < -0.4 is 16.0 Å². The van der Waals surface area contributed by atoms with E-state index in [1.807, 2.05) is 56.4 Å². The van der Waals surface area contributed by atoms with Gasteiger partial charge in [0.25, 0.3) is 5.56 Å². The number of aromatic nitrogens is 2. The lowest BCUT2D eigenvalue weighted by atomic mass is 9.84. The summed E-state index contributed by atoms with van der Waals surface area (Å²) in [6.45, 7) is 10.3. The molecule has 0 fully saturated rings. The Hall–Kier alpha value is -3.34. The summed E-state index contributed by atoms with van der Waals surface area (Å²) in [7, 11) is 1.68. The first kappa shape index (κ1) is 24.9. The minimum Gasteiger partial charge on any atom is -0.496 e. The Morgan fingerprint density at radius 2 is 1.81 bits per heavy atom. The number of hydrogen-bond donors (Lipinski definition) is 1. The summed E-state index contributed by atoms with van der Waals surface area (Å²) in [5.74, 6) is 0.835. The van der Waals surface area contributed by atoms with Crippen molar-refractivity contribution in [2.24, 2.45) is 0 Å². The Labute approximate surface area is 190 Å². The van der Waals surface area contributed by atoms with Gasteiger partial charge in [-0.15, -0.1) is 0 Å². The Bertz CT molecular complexity index is 1150. The van der Waals surface area contributed by atoms with E-state index in [2.05, 4.69) is 37.9 Å². The second-order valence-electron chi connectivity index (χ2n) is 8.57. The molecule has 0 aliphatic rings. The highest BCUT2D eigenvalue weighted by Crippen LogP contribution is 2.37. The number of hydrogen-bond acceptors (Lipinski definition) is 3. The van der Waals surface area contributed by atoms with E-state index in [4.69, 9.17) is 4.74 Å². The summed E-state index contributed by atoms with van der Waals surface area (Å²) in [5.41, 5.74) is 2.84. The number of rotatable bonds is 8. The van der Waals surface area contributed by atoms with Crippen LogP contribution in [0.15, 0.2) is 82.1 Å².